The largest absolute Gasteiger partial charge is 0.383 e. The van der Waals surface area contributed by atoms with Crippen molar-refractivity contribution in [1.82, 2.24) is 10.3 Å². The van der Waals surface area contributed by atoms with Crippen LogP contribution in [0.4, 0.5) is 11.4 Å². The smallest absolute Gasteiger partial charge is 0.251 e. The first-order valence-electron chi connectivity index (χ1n) is 7.28. The summed E-state index contributed by atoms with van der Waals surface area (Å²) in [5.41, 5.74) is 3.82. The second-order valence-electron chi connectivity index (χ2n) is 5.32. The summed E-state index contributed by atoms with van der Waals surface area (Å²) in [4.78, 5) is 18.2. The molecule has 116 valence electrons. The molecule has 2 rings (SSSR count). The van der Waals surface area contributed by atoms with Crippen molar-refractivity contribution < 1.29 is 4.79 Å². The molecule has 0 atom stereocenters. The fourth-order valence-electron chi connectivity index (χ4n) is 2.07. The molecule has 2 aromatic rings. The lowest BCUT2D eigenvalue weighted by Crippen LogP contribution is -2.29. The molecule has 0 fully saturated rings. The van der Waals surface area contributed by atoms with Crippen LogP contribution in [0.5, 0.6) is 0 Å². The van der Waals surface area contributed by atoms with E-state index in [1.54, 1.807) is 6.20 Å². The summed E-state index contributed by atoms with van der Waals surface area (Å²) < 4.78 is 0. The first kappa shape index (κ1) is 15.8. The van der Waals surface area contributed by atoms with Gasteiger partial charge in [0.25, 0.3) is 5.91 Å². The molecule has 0 saturated carbocycles. The van der Waals surface area contributed by atoms with Crippen LogP contribution in [0.3, 0.4) is 0 Å². The average Bonchev–Trinajstić information content (AvgIpc) is 2.53. The molecule has 5 nitrogen and oxygen atoms in total. The maximum atomic E-state index is 12.1. The second kappa shape index (κ2) is 7.45. The standard InChI is InChI=1S/C17H22N4O/c1-13-12-18-8-7-16(13)19-9-10-20-17(22)14-5-4-6-15(11-14)21(2)3/h4-8,11-12H,9-10H2,1-3H3,(H,18,19)(H,20,22). The van der Waals surface area contributed by atoms with E-state index >= 15 is 0 Å². The topological polar surface area (TPSA) is 57.3 Å². The lowest BCUT2D eigenvalue weighted by Gasteiger charge is -2.14. The first-order valence-corrected chi connectivity index (χ1v) is 7.28. The van der Waals surface area contributed by atoms with E-state index in [-0.39, 0.29) is 5.91 Å². The zero-order chi connectivity index (χ0) is 15.9. The number of nitrogens with one attached hydrogen (secondary N) is 2. The zero-order valence-electron chi connectivity index (χ0n) is 13.3. The van der Waals surface area contributed by atoms with Gasteiger partial charge in [-0.2, -0.15) is 0 Å². The molecule has 0 aliphatic heterocycles. The van der Waals surface area contributed by atoms with Crippen molar-refractivity contribution in [2.75, 3.05) is 37.4 Å². The lowest BCUT2D eigenvalue weighted by molar-refractivity contribution is 0.0955. The van der Waals surface area contributed by atoms with Crippen molar-refractivity contribution in [1.29, 1.82) is 0 Å². The Hall–Kier alpha value is -2.56. The van der Waals surface area contributed by atoms with Crippen LogP contribution in [0.25, 0.3) is 0 Å². The number of aryl methyl sites for hydroxylation is 1. The highest BCUT2D eigenvalue weighted by Crippen LogP contribution is 2.13. The molecule has 1 amide bonds. The maximum Gasteiger partial charge on any atom is 0.251 e. The Morgan fingerprint density at radius 1 is 1.23 bits per heavy atom. The van der Waals surface area contributed by atoms with Crippen molar-refractivity contribution >= 4 is 17.3 Å². The summed E-state index contributed by atoms with van der Waals surface area (Å²) in [5, 5.41) is 6.21. The van der Waals surface area contributed by atoms with Crippen LogP contribution in [-0.4, -0.2) is 38.1 Å². The Morgan fingerprint density at radius 3 is 2.77 bits per heavy atom. The van der Waals surface area contributed by atoms with Gasteiger partial charge in [-0.15, -0.1) is 0 Å². The molecular formula is C17H22N4O. The molecule has 0 unspecified atom stereocenters. The van der Waals surface area contributed by atoms with E-state index in [0.29, 0.717) is 18.7 Å². The fraction of sp³-hybridized carbons (Fsp3) is 0.294. The zero-order valence-corrected chi connectivity index (χ0v) is 13.3. The molecule has 0 aliphatic rings. The van der Waals surface area contributed by atoms with Gasteiger partial charge in [0, 0.05) is 56.5 Å². The van der Waals surface area contributed by atoms with E-state index in [1.807, 2.05) is 62.4 Å². The van der Waals surface area contributed by atoms with E-state index in [9.17, 15) is 4.79 Å². The van der Waals surface area contributed by atoms with Crippen LogP contribution >= 0.6 is 0 Å². The van der Waals surface area contributed by atoms with Crippen molar-refractivity contribution in [3.8, 4) is 0 Å². The lowest BCUT2D eigenvalue weighted by atomic mass is 10.2. The second-order valence-corrected chi connectivity index (χ2v) is 5.32. The van der Waals surface area contributed by atoms with Crippen LogP contribution in [0, 0.1) is 6.92 Å². The Bertz CT molecular complexity index is 640. The first-order chi connectivity index (χ1) is 10.6. The number of carbonyl (C=O) groups excluding carboxylic acids is 1. The van der Waals surface area contributed by atoms with E-state index < -0.39 is 0 Å². The monoisotopic (exact) mass is 298 g/mol. The molecule has 1 heterocycles. The molecule has 0 bridgehead atoms. The van der Waals surface area contributed by atoms with Gasteiger partial charge in [-0.05, 0) is 36.8 Å². The molecule has 1 aromatic heterocycles. The molecule has 5 heteroatoms. The highest BCUT2D eigenvalue weighted by Gasteiger charge is 2.06. The molecule has 22 heavy (non-hydrogen) atoms. The number of hydrogen-bond acceptors (Lipinski definition) is 4. The van der Waals surface area contributed by atoms with E-state index in [2.05, 4.69) is 15.6 Å². The summed E-state index contributed by atoms with van der Waals surface area (Å²) in [6.07, 6.45) is 3.56. The fourth-order valence-corrected chi connectivity index (χ4v) is 2.07. The quantitative estimate of drug-likeness (QED) is 0.804. The summed E-state index contributed by atoms with van der Waals surface area (Å²) in [7, 11) is 3.91. The number of aromatic nitrogens is 1. The number of anilines is 2. The summed E-state index contributed by atoms with van der Waals surface area (Å²) in [6, 6.07) is 9.50. The third kappa shape index (κ3) is 4.22. The SMILES string of the molecule is Cc1cnccc1NCCNC(=O)c1cccc(N(C)C)c1. The van der Waals surface area contributed by atoms with Crippen LogP contribution < -0.4 is 15.5 Å². The number of carbonyl (C=O) groups is 1. The van der Waals surface area contributed by atoms with Crippen molar-refractivity contribution in [2.24, 2.45) is 0 Å². The van der Waals surface area contributed by atoms with Gasteiger partial charge >= 0.3 is 0 Å². The number of benzene rings is 1. The highest BCUT2D eigenvalue weighted by atomic mass is 16.1. The third-order valence-electron chi connectivity index (χ3n) is 3.37. The molecule has 2 N–H and O–H groups in total. The Labute approximate surface area is 131 Å². The molecule has 0 radical (unpaired) electrons. The van der Waals surface area contributed by atoms with Gasteiger partial charge in [0.1, 0.15) is 0 Å². The average molecular weight is 298 g/mol. The van der Waals surface area contributed by atoms with Gasteiger partial charge in [-0.1, -0.05) is 6.07 Å². The van der Waals surface area contributed by atoms with Gasteiger partial charge in [-0.3, -0.25) is 9.78 Å². The van der Waals surface area contributed by atoms with E-state index in [4.69, 9.17) is 0 Å². The minimum Gasteiger partial charge on any atom is -0.383 e. The van der Waals surface area contributed by atoms with Crippen molar-refractivity contribution in [3.63, 3.8) is 0 Å². The van der Waals surface area contributed by atoms with Crippen LogP contribution in [0.15, 0.2) is 42.7 Å². The minimum atomic E-state index is -0.0584. The van der Waals surface area contributed by atoms with Crippen LogP contribution in [0.2, 0.25) is 0 Å². The summed E-state index contributed by atoms with van der Waals surface area (Å²) in [5.74, 6) is -0.0584. The predicted molar refractivity (Wildman–Crippen MR) is 90.6 cm³/mol. The number of nitrogens with zero attached hydrogens (tertiary/aromatic N) is 2. The molecule has 0 spiro atoms. The van der Waals surface area contributed by atoms with Crippen LogP contribution in [0.1, 0.15) is 15.9 Å². The molecule has 1 aromatic carbocycles. The maximum absolute atomic E-state index is 12.1. The highest BCUT2D eigenvalue weighted by molar-refractivity contribution is 5.95. The van der Waals surface area contributed by atoms with Gasteiger partial charge in [0.05, 0.1) is 0 Å². The van der Waals surface area contributed by atoms with Gasteiger partial charge in [0.2, 0.25) is 0 Å². The molecule has 0 aliphatic carbocycles. The summed E-state index contributed by atoms with van der Waals surface area (Å²) >= 11 is 0. The number of hydrogen-bond donors (Lipinski definition) is 2. The Balaban J connectivity index is 1.83. The van der Waals surface area contributed by atoms with Crippen molar-refractivity contribution in [3.05, 3.63) is 53.9 Å². The van der Waals surface area contributed by atoms with Crippen LogP contribution in [-0.2, 0) is 0 Å². The van der Waals surface area contributed by atoms with Crippen molar-refractivity contribution in [2.45, 2.75) is 6.92 Å². The molecule has 0 saturated heterocycles. The minimum absolute atomic E-state index is 0.0584. The van der Waals surface area contributed by atoms with E-state index in [1.165, 1.54) is 0 Å². The number of amides is 1. The number of rotatable bonds is 6. The predicted octanol–water partition coefficient (Wildman–Crippen LogP) is 2.30. The number of pyridine rings is 1. The third-order valence-corrected chi connectivity index (χ3v) is 3.37. The summed E-state index contributed by atoms with van der Waals surface area (Å²) in [6.45, 7) is 3.23. The molecular weight excluding hydrogens is 276 g/mol. The Kier molecular flexibility index (Phi) is 5.36. The van der Waals surface area contributed by atoms with Gasteiger partial charge < -0.3 is 15.5 Å². The Morgan fingerprint density at radius 2 is 2.05 bits per heavy atom. The normalized spacial score (nSPS) is 10.1. The van der Waals surface area contributed by atoms with Gasteiger partial charge in [-0.25, -0.2) is 0 Å². The van der Waals surface area contributed by atoms with Gasteiger partial charge in [0.15, 0.2) is 0 Å². The van der Waals surface area contributed by atoms with E-state index in [0.717, 1.165) is 16.9 Å².